The van der Waals surface area contributed by atoms with E-state index in [9.17, 15) is 15.0 Å². The lowest BCUT2D eigenvalue weighted by atomic mass is 10.1. The molecule has 0 spiro atoms. The zero-order valence-corrected chi connectivity index (χ0v) is 25.1. The van der Waals surface area contributed by atoms with Crippen LogP contribution in [-0.4, -0.2) is 117 Å². The zero-order valence-electron chi connectivity index (χ0n) is 25.1. The Morgan fingerprint density at radius 1 is 0.628 bits per heavy atom. The molecule has 2 unspecified atom stereocenters. The van der Waals surface area contributed by atoms with Gasteiger partial charge >= 0.3 is 0 Å². The van der Waals surface area contributed by atoms with Crippen LogP contribution in [0.2, 0.25) is 0 Å². The maximum atomic E-state index is 12.6. The summed E-state index contributed by atoms with van der Waals surface area (Å²) in [5.74, 6) is 0.567. The van der Waals surface area contributed by atoms with Crippen molar-refractivity contribution in [3.8, 4) is 11.5 Å². The number of para-hydroxylation sites is 2. The average Bonchev–Trinajstić information content (AvgIpc) is 3.04. The highest BCUT2D eigenvalue weighted by Gasteiger charge is 2.23. The predicted octanol–water partition coefficient (Wildman–Crippen LogP) is 3.01. The standard InChI is InChI=1S/C34H44N4O5/c1-27(39)34-32(42-25-30(40)23-35-15-19-37(20-16-35)28-9-4-2-5-10-28)13-8-14-33(34)43-26-31(41)24-36-17-21-38(22-18-36)29-11-6-3-7-12-29/h2-14,30-31,40-41H,15-26H2,1H3. The van der Waals surface area contributed by atoms with E-state index >= 15 is 0 Å². The SMILES string of the molecule is CC(=O)c1c(OCC(O)CN2CCN(c3ccccc3)CC2)cccc1OCC(O)CN1CCN(c2ccccc2)CC1. The third kappa shape index (κ3) is 8.70. The summed E-state index contributed by atoms with van der Waals surface area (Å²) in [4.78, 5) is 21.8. The number of rotatable bonds is 13. The summed E-state index contributed by atoms with van der Waals surface area (Å²) in [5.41, 5.74) is 2.77. The number of ether oxygens (including phenoxy) is 2. The number of β-amino-alcohol motifs (C(OH)–C–C–N with tert-alkyl or cyclic N) is 2. The third-order valence-electron chi connectivity index (χ3n) is 8.13. The molecule has 2 saturated heterocycles. The first-order valence-corrected chi connectivity index (χ1v) is 15.3. The molecular weight excluding hydrogens is 544 g/mol. The normalized spacial score (nSPS) is 17.8. The monoisotopic (exact) mass is 588 g/mol. The molecule has 0 bridgehead atoms. The van der Waals surface area contributed by atoms with Gasteiger partial charge in [-0.2, -0.15) is 0 Å². The van der Waals surface area contributed by atoms with Crippen molar-refractivity contribution in [2.45, 2.75) is 19.1 Å². The maximum absolute atomic E-state index is 12.6. The lowest BCUT2D eigenvalue weighted by Gasteiger charge is -2.37. The van der Waals surface area contributed by atoms with Gasteiger partial charge in [0.25, 0.3) is 0 Å². The van der Waals surface area contributed by atoms with Gasteiger partial charge in [0.2, 0.25) is 0 Å². The Balaban J connectivity index is 1.06. The molecule has 2 atom stereocenters. The first-order valence-electron chi connectivity index (χ1n) is 15.3. The van der Waals surface area contributed by atoms with Crippen LogP contribution in [0.5, 0.6) is 11.5 Å². The number of hydrogen-bond donors (Lipinski definition) is 2. The third-order valence-corrected chi connectivity index (χ3v) is 8.13. The molecular formula is C34H44N4O5. The molecule has 2 aliphatic heterocycles. The zero-order chi connectivity index (χ0) is 30.0. The van der Waals surface area contributed by atoms with Crippen LogP contribution in [0, 0.1) is 0 Å². The number of carbonyl (C=O) groups excluding carboxylic acids is 1. The van der Waals surface area contributed by atoms with E-state index in [-0.39, 0.29) is 19.0 Å². The van der Waals surface area contributed by atoms with Crippen molar-refractivity contribution >= 4 is 17.2 Å². The van der Waals surface area contributed by atoms with Crippen molar-refractivity contribution in [2.24, 2.45) is 0 Å². The fourth-order valence-electron chi connectivity index (χ4n) is 5.83. The smallest absolute Gasteiger partial charge is 0.167 e. The van der Waals surface area contributed by atoms with Gasteiger partial charge in [0.1, 0.15) is 42.5 Å². The molecule has 0 amide bonds. The molecule has 230 valence electrons. The van der Waals surface area contributed by atoms with Crippen LogP contribution in [0.4, 0.5) is 11.4 Å². The van der Waals surface area contributed by atoms with Crippen LogP contribution in [0.15, 0.2) is 78.9 Å². The molecule has 0 radical (unpaired) electrons. The van der Waals surface area contributed by atoms with Crippen LogP contribution < -0.4 is 19.3 Å². The Hall–Kier alpha value is -3.63. The summed E-state index contributed by atoms with van der Waals surface area (Å²) in [7, 11) is 0. The van der Waals surface area contributed by atoms with Gasteiger partial charge in [-0.1, -0.05) is 42.5 Å². The first-order chi connectivity index (χ1) is 21.0. The quantitative estimate of drug-likeness (QED) is 0.293. The summed E-state index contributed by atoms with van der Waals surface area (Å²) >= 11 is 0. The number of piperazine rings is 2. The molecule has 2 fully saturated rings. The Morgan fingerprint density at radius 2 is 1.02 bits per heavy atom. The maximum Gasteiger partial charge on any atom is 0.167 e. The van der Waals surface area contributed by atoms with Gasteiger partial charge in [-0.25, -0.2) is 0 Å². The van der Waals surface area contributed by atoms with Gasteiger partial charge in [-0.15, -0.1) is 0 Å². The number of aliphatic hydroxyl groups excluding tert-OH is 2. The molecule has 2 N–H and O–H groups in total. The largest absolute Gasteiger partial charge is 0.490 e. The van der Waals surface area contributed by atoms with E-state index in [1.165, 1.54) is 18.3 Å². The number of aliphatic hydroxyl groups is 2. The first kappa shape index (κ1) is 30.8. The molecule has 0 aliphatic carbocycles. The highest BCUT2D eigenvalue weighted by atomic mass is 16.5. The Morgan fingerprint density at radius 3 is 1.40 bits per heavy atom. The molecule has 2 heterocycles. The molecule has 0 saturated carbocycles. The Labute approximate surface area is 254 Å². The van der Waals surface area contributed by atoms with Gasteiger partial charge in [0.15, 0.2) is 5.78 Å². The Kier molecular flexibility index (Phi) is 10.9. The highest BCUT2D eigenvalue weighted by molar-refractivity contribution is 5.99. The summed E-state index contributed by atoms with van der Waals surface area (Å²) in [5, 5.41) is 21.4. The lowest BCUT2D eigenvalue weighted by Crippen LogP contribution is -2.49. The molecule has 3 aromatic carbocycles. The topological polar surface area (TPSA) is 89.0 Å². The second-order valence-electron chi connectivity index (χ2n) is 11.4. The molecule has 0 aromatic heterocycles. The highest BCUT2D eigenvalue weighted by Crippen LogP contribution is 2.29. The number of hydrogen-bond acceptors (Lipinski definition) is 9. The van der Waals surface area contributed by atoms with E-state index < -0.39 is 12.2 Å². The van der Waals surface area contributed by atoms with E-state index in [0.717, 1.165) is 52.4 Å². The second-order valence-corrected chi connectivity index (χ2v) is 11.4. The van der Waals surface area contributed by atoms with Crippen molar-refractivity contribution in [3.63, 3.8) is 0 Å². The summed E-state index contributed by atoms with van der Waals surface area (Å²) in [6.45, 7) is 9.67. The van der Waals surface area contributed by atoms with Crippen molar-refractivity contribution in [1.29, 1.82) is 0 Å². The number of nitrogens with zero attached hydrogens (tertiary/aromatic N) is 4. The number of anilines is 2. The minimum absolute atomic E-state index is 0.0697. The average molecular weight is 589 g/mol. The van der Waals surface area contributed by atoms with E-state index in [4.69, 9.17) is 9.47 Å². The van der Waals surface area contributed by atoms with Crippen molar-refractivity contribution in [1.82, 2.24) is 9.80 Å². The minimum Gasteiger partial charge on any atom is -0.490 e. The molecule has 9 heteroatoms. The van der Waals surface area contributed by atoms with Crippen LogP contribution in [0.1, 0.15) is 17.3 Å². The molecule has 2 aliphatic rings. The van der Waals surface area contributed by atoms with E-state index in [2.05, 4.69) is 68.1 Å². The summed E-state index contributed by atoms with van der Waals surface area (Å²) in [6.07, 6.45) is -1.39. The van der Waals surface area contributed by atoms with Crippen LogP contribution in [0.3, 0.4) is 0 Å². The van der Waals surface area contributed by atoms with E-state index in [1.54, 1.807) is 18.2 Å². The van der Waals surface area contributed by atoms with E-state index in [1.807, 2.05) is 12.1 Å². The van der Waals surface area contributed by atoms with Crippen LogP contribution in [0.25, 0.3) is 0 Å². The van der Waals surface area contributed by atoms with Crippen LogP contribution in [-0.2, 0) is 0 Å². The van der Waals surface area contributed by atoms with Crippen molar-refractivity contribution in [2.75, 3.05) is 88.5 Å². The summed E-state index contributed by atoms with van der Waals surface area (Å²) < 4.78 is 11.9. The van der Waals surface area contributed by atoms with Crippen LogP contribution >= 0.6 is 0 Å². The Bertz CT molecular complexity index is 1190. The second kappa shape index (κ2) is 15.2. The number of ketones is 1. The van der Waals surface area contributed by atoms with Gasteiger partial charge in [-0.05, 0) is 43.3 Å². The van der Waals surface area contributed by atoms with E-state index in [0.29, 0.717) is 30.2 Å². The summed E-state index contributed by atoms with van der Waals surface area (Å²) in [6, 6.07) is 25.9. The molecule has 5 rings (SSSR count). The fourth-order valence-corrected chi connectivity index (χ4v) is 5.83. The van der Waals surface area contributed by atoms with Gasteiger partial charge in [0.05, 0.1) is 0 Å². The molecule has 9 nitrogen and oxygen atoms in total. The van der Waals surface area contributed by atoms with Gasteiger partial charge in [-0.3, -0.25) is 14.6 Å². The van der Waals surface area contributed by atoms with Gasteiger partial charge in [0, 0.05) is 76.8 Å². The lowest BCUT2D eigenvalue weighted by molar-refractivity contribution is 0.0625. The predicted molar refractivity (Wildman–Crippen MR) is 170 cm³/mol. The number of Topliss-reactive ketones (excluding diaryl/α,β-unsaturated/α-hetero) is 1. The molecule has 43 heavy (non-hydrogen) atoms. The van der Waals surface area contributed by atoms with Crippen molar-refractivity contribution in [3.05, 3.63) is 84.4 Å². The fraction of sp³-hybridized carbons (Fsp3) is 0.441. The number of benzene rings is 3. The minimum atomic E-state index is -0.697. The van der Waals surface area contributed by atoms with Crippen molar-refractivity contribution < 1.29 is 24.5 Å². The van der Waals surface area contributed by atoms with Gasteiger partial charge < -0.3 is 29.5 Å². The number of carbonyl (C=O) groups is 1. The molecule has 3 aromatic rings.